The van der Waals surface area contributed by atoms with Crippen LogP contribution in [0.5, 0.6) is 0 Å². The molecule has 0 bridgehead atoms. The number of halogens is 1. The van der Waals surface area contributed by atoms with Crippen LogP contribution in [0.1, 0.15) is 5.56 Å². The van der Waals surface area contributed by atoms with Crippen LogP contribution in [0.2, 0.25) is 5.02 Å². The number of benzene rings is 2. The number of pyridine rings is 2. The Hall–Kier alpha value is -4.30. The first-order chi connectivity index (χ1) is 17.1. The molecule has 0 aliphatic rings. The van der Waals surface area contributed by atoms with Crippen LogP contribution in [0.25, 0.3) is 33.9 Å². The molecule has 35 heavy (non-hydrogen) atoms. The maximum absolute atomic E-state index is 13.0. The molecule has 0 aliphatic heterocycles. The van der Waals surface area contributed by atoms with E-state index in [1.54, 1.807) is 24.4 Å². The third kappa shape index (κ3) is 4.97. The van der Waals surface area contributed by atoms with Crippen LogP contribution in [0.3, 0.4) is 0 Å². The molecular weight excluding hydrogens is 466 g/mol. The van der Waals surface area contributed by atoms with Crippen LogP contribution in [0.4, 0.5) is 0 Å². The number of fused-ring (bicyclic) bond motifs is 1. The van der Waals surface area contributed by atoms with Gasteiger partial charge in [-0.2, -0.15) is 4.98 Å². The molecule has 2 aromatic carbocycles. The minimum Gasteiger partial charge on any atom is -0.354 e. The number of amides is 1. The summed E-state index contributed by atoms with van der Waals surface area (Å²) in [5.74, 6) is 0.279. The number of carbonyl (C=O) groups excluding carboxylic acids is 1. The fourth-order valence-corrected chi connectivity index (χ4v) is 3.93. The van der Waals surface area contributed by atoms with Crippen molar-refractivity contribution < 1.29 is 9.32 Å². The predicted octanol–water partition coefficient (Wildman–Crippen LogP) is 4.13. The van der Waals surface area contributed by atoms with E-state index in [9.17, 15) is 9.59 Å². The minimum absolute atomic E-state index is 0.108. The summed E-state index contributed by atoms with van der Waals surface area (Å²) in [6.45, 7) is 0.340. The number of hydrogen-bond acceptors (Lipinski definition) is 6. The fourth-order valence-electron chi connectivity index (χ4n) is 3.80. The fraction of sp³-hybridized carbons (Fsp3) is 0.115. The SMILES string of the molecule is O=C(Cn1c(=O)cc(-c2nc(-c3ccccn3)no2)c2ccccc21)NCCc1ccc(Cl)cc1. The van der Waals surface area contributed by atoms with E-state index in [1.165, 1.54) is 10.6 Å². The molecule has 5 rings (SSSR count). The monoisotopic (exact) mass is 485 g/mol. The highest BCUT2D eigenvalue weighted by Gasteiger charge is 2.18. The summed E-state index contributed by atoms with van der Waals surface area (Å²) in [6, 6.07) is 21.6. The van der Waals surface area contributed by atoms with E-state index in [2.05, 4.69) is 20.4 Å². The summed E-state index contributed by atoms with van der Waals surface area (Å²) in [7, 11) is 0. The van der Waals surface area contributed by atoms with Gasteiger partial charge in [0.15, 0.2) is 0 Å². The molecule has 0 unspecified atom stereocenters. The van der Waals surface area contributed by atoms with Gasteiger partial charge in [0, 0.05) is 29.2 Å². The Kier molecular flexibility index (Phi) is 6.36. The lowest BCUT2D eigenvalue weighted by atomic mass is 10.1. The van der Waals surface area contributed by atoms with E-state index >= 15 is 0 Å². The molecule has 0 aliphatic carbocycles. The Balaban J connectivity index is 1.38. The number of aromatic nitrogens is 4. The van der Waals surface area contributed by atoms with Crippen molar-refractivity contribution in [2.24, 2.45) is 0 Å². The molecule has 0 spiro atoms. The highest BCUT2D eigenvalue weighted by atomic mass is 35.5. The highest BCUT2D eigenvalue weighted by molar-refractivity contribution is 6.30. The molecule has 1 amide bonds. The molecule has 3 aromatic heterocycles. The second-order valence-electron chi connectivity index (χ2n) is 7.86. The van der Waals surface area contributed by atoms with Crippen molar-refractivity contribution in [3.8, 4) is 23.0 Å². The zero-order valence-corrected chi connectivity index (χ0v) is 19.3. The summed E-state index contributed by atoms with van der Waals surface area (Å²) in [5.41, 5.74) is 2.38. The summed E-state index contributed by atoms with van der Waals surface area (Å²) < 4.78 is 6.89. The average molecular weight is 486 g/mol. The summed E-state index contributed by atoms with van der Waals surface area (Å²) in [4.78, 5) is 34.3. The Morgan fingerprint density at radius 2 is 1.83 bits per heavy atom. The standard InChI is InChI=1S/C26H20ClN5O3/c27-18-10-8-17(9-11-18)12-14-29-23(33)16-32-22-7-2-1-5-19(22)20(15-24(32)34)26-30-25(31-35-26)21-6-3-4-13-28-21/h1-11,13,15H,12,14,16H2,(H,29,33). The molecule has 1 N–H and O–H groups in total. The number of carbonyl (C=O) groups is 1. The quantitative estimate of drug-likeness (QED) is 0.372. The van der Waals surface area contributed by atoms with Crippen molar-refractivity contribution in [2.75, 3.05) is 6.54 Å². The summed E-state index contributed by atoms with van der Waals surface area (Å²) >= 11 is 5.91. The Morgan fingerprint density at radius 3 is 2.63 bits per heavy atom. The van der Waals surface area contributed by atoms with Crippen molar-refractivity contribution in [1.29, 1.82) is 0 Å². The Morgan fingerprint density at radius 1 is 1.03 bits per heavy atom. The number of hydrogen-bond donors (Lipinski definition) is 1. The molecule has 5 aromatic rings. The maximum Gasteiger partial charge on any atom is 0.259 e. The topological polar surface area (TPSA) is 103 Å². The van der Waals surface area contributed by atoms with E-state index in [-0.39, 0.29) is 23.9 Å². The molecule has 0 saturated carbocycles. The van der Waals surface area contributed by atoms with E-state index in [0.717, 1.165) is 10.9 Å². The van der Waals surface area contributed by atoms with Gasteiger partial charge in [0.05, 0.1) is 11.1 Å². The average Bonchev–Trinajstić information content (AvgIpc) is 3.37. The first-order valence-corrected chi connectivity index (χ1v) is 11.4. The molecule has 3 heterocycles. The van der Waals surface area contributed by atoms with E-state index in [1.807, 2.05) is 48.5 Å². The van der Waals surface area contributed by atoms with Gasteiger partial charge in [-0.15, -0.1) is 0 Å². The number of nitrogens with one attached hydrogen (secondary N) is 1. The molecule has 9 heteroatoms. The van der Waals surface area contributed by atoms with Crippen LogP contribution >= 0.6 is 11.6 Å². The van der Waals surface area contributed by atoms with E-state index < -0.39 is 0 Å². The van der Waals surface area contributed by atoms with Crippen LogP contribution in [-0.4, -0.2) is 32.1 Å². The van der Waals surface area contributed by atoms with Gasteiger partial charge >= 0.3 is 0 Å². The normalized spacial score (nSPS) is 11.0. The number of para-hydroxylation sites is 1. The minimum atomic E-state index is -0.343. The van der Waals surface area contributed by atoms with Crippen LogP contribution in [0.15, 0.2) is 88.3 Å². The molecule has 174 valence electrons. The highest BCUT2D eigenvalue weighted by Crippen LogP contribution is 2.27. The van der Waals surface area contributed by atoms with Crippen LogP contribution in [-0.2, 0) is 17.8 Å². The number of nitrogens with zero attached hydrogens (tertiary/aromatic N) is 4. The third-order valence-corrected chi connectivity index (χ3v) is 5.77. The first kappa shape index (κ1) is 22.5. The van der Waals surface area contributed by atoms with Gasteiger partial charge in [0.2, 0.25) is 11.7 Å². The lowest BCUT2D eigenvalue weighted by molar-refractivity contribution is -0.121. The third-order valence-electron chi connectivity index (χ3n) is 5.52. The van der Waals surface area contributed by atoms with Gasteiger partial charge in [-0.3, -0.25) is 19.1 Å². The van der Waals surface area contributed by atoms with Crippen molar-refractivity contribution in [3.63, 3.8) is 0 Å². The van der Waals surface area contributed by atoms with Gasteiger partial charge in [0.25, 0.3) is 11.4 Å². The molecule has 0 saturated heterocycles. The maximum atomic E-state index is 13.0. The zero-order chi connectivity index (χ0) is 24.2. The lowest BCUT2D eigenvalue weighted by Gasteiger charge is -2.12. The van der Waals surface area contributed by atoms with E-state index in [4.69, 9.17) is 16.1 Å². The van der Waals surface area contributed by atoms with E-state index in [0.29, 0.717) is 40.6 Å². The molecule has 0 fully saturated rings. The molecular formula is C26H20ClN5O3. The van der Waals surface area contributed by atoms with Gasteiger partial charge in [0.1, 0.15) is 12.2 Å². The zero-order valence-electron chi connectivity index (χ0n) is 18.5. The van der Waals surface area contributed by atoms with Gasteiger partial charge in [-0.25, -0.2) is 0 Å². The van der Waals surface area contributed by atoms with Crippen LogP contribution in [0, 0.1) is 0 Å². The lowest BCUT2D eigenvalue weighted by Crippen LogP contribution is -2.33. The predicted molar refractivity (Wildman–Crippen MR) is 133 cm³/mol. The second-order valence-corrected chi connectivity index (χ2v) is 8.30. The molecule has 0 atom stereocenters. The van der Waals surface area contributed by atoms with Crippen molar-refractivity contribution in [2.45, 2.75) is 13.0 Å². The van der Waals surface area contributed by atoms with Crippen molar-refractivity contribution in [3.05, 3.63) is 99.9 Å². The summed E-state index contributed by atoms with van der Waals surface area (Å²) in [5, 5.41) is 8.27. The van der Waals surface area contributed by atoms with Crippen molar-refractivity contribution in [1.82, 2.24) is 25.0 Å². The Bertz CT molecular complexity index is 1550. The first-order valence-electron chi connectivity index (χ1n) is 11.0. The summed E-state index contributed by atoms with van der Waals surface area (Å²) in [6.07, 6.45) is 2.30. The largest absolute Gasteiger partial charge is 0.354 e. The van der Waals surface area contributed by atoms with Gasteiger partial charge in [-0.1, -0.05) is 53.2 Å². The molecule has 0 radical (unpaired) electrons. The second kappa shape index (κ2) is 9.90. The Labute approximate surface area is 205 Å². The smallest absolute Gasteiger partial charge is 0.259 e. The molecule has 8 nitrogen and oxygen atoms in total. The van der Waals surface area contributed by atoms with Gasteiger partial charge < -0.3 is 9.84 Å². The number of rotatable bonds is 7. The van der Waals surface area contributed by atoms with Gasteiger partial charge in [-0.05, 0) is 42.3 Å². The van der Waals surface area contributed by atoms with Crippen LogP contribution < -0.4 is 10.9 Å². The van der Waals surface area contributed by atoms with Crippen molar-refractivity contribution >= 4 is 28.4 Å².